The van der Waals surface area contributed by atoms with E-state index >= 15 is 0 Å². The lowest BCUT2D eigenvalue weighted by molar-refractivity contribution is 1.24. The minimum absolute atomic E-state index is 0. The third-order valence-electron chi connectivity index (χ3n) is 0.624. The summed E-state index contributed by atoms with van der Waals surface area (Å²) in [5.74, 6) is 8.10. The molecular weight excluding hydrogens is 261 g/mol. The average molecular weight is 271 g/mol. The largest absolute Gasteiger partial charge is 0.377 e. The molecule has 0 radical (unpaired) electrons. The lowest BCUT2D eigenvalue weighted by Crippen LogP contribution is -2.09. The molecule has 4 N–H and O–H groups in total. The van der Waals surface area contributed by atoms with E-state index in [-0.39, 0.29) is 24.0 Å². The summed E-state index contributed by atoms with van der Waals surface area (Å²) in [7, 11) is 0. The van der Waals surface area contributed by atoms with Gasteiger partial charge in [0, 0.05) is 12.2 Å². The van der Waals surface area contributed by atoms with Crippen LogP contribution in [0.1, 0.15) is 6.42 Å². The van der Waals surface area contributed by atoms with Crippen LogP contribution in [0, 0.1) is 12.3 Å². The molecule has 0 unspecified atom stereocenters. The summed E-state index contributed by atoms with van der Waals surface area (Å²) in [6, 6.07) is 0. The number of nitrogens with zero attached hydrogens (tertiary/aromatic N) is 1. The van der Waals surface area contributed by atoms with Crippen molar-refractivity contribution < 1.29 is 0 Å². The van der Waals surface area contributed by atoms with Crippen molar-refractivity contribution in [2.24, 2.45) is 16.7 Å². The fourth-order valence-corrected chi connectivity index (χ4v) is 0.755. The number of rotatable bonds is 2. The van der Waals surface area contributed by atoms with Crippen molar-refractivity contribution in [1.82, 2.24) is 0 Å². The number of terminal acetylenes is 1. The summed E-state index contributed by atoms with van der Waals surface area (Å²) in [6.07, 6.45) is 5.68. The third-order valence-corrected chi connectivity index (χ3v) is 1.43. The number of amidine groups is 1. The second-order valence-electron chi connectivity index (χ2n) is 1.27. The van der Waals surface area contributed by atoms with Gasteiger partial charge in [-0.25, -0.2) is 0 Å². The molecule has 0 saturated carbocycles. The van der Waals surface area contributed by atoms with Gasteiger partial charge in [0.15, 0.2) is 5.17 Å². The molecular formula is C5H10IN3S. The highest BCUT2D eigenvalue weighted by Crippen LogP contribution is 1.99. The van der Waals surface area contributed by atoms with E-state index in [1.165, 1.54) is 11.8 Å². The molecule has 58 valence electrons. The Hall–Kier alpha value is -0.0900. The molecule has 0 atom stereocenters. The van der Waals surface area contributed by atoms with Crippen LogP contribution in [0.15, 0.2) is 5.10 Å². The second-order valence-corrected chi connectivity index (χ2v) is 2.39. The van der Waals surface area contributed by atoms with Crippen LogP contribution in [0.25, 0.3) is 0 Å². The van der Waals surface area contributed by atoms with Crippen LogP contribution in [0.3, 0.4) is 0 Å². The van der Waals surface area contributed by atoms with Gasteiger partial charge in [-0.15, -0.1) is 36.3 Å². The van der Waals surface area contributed by atoms with Crippen molar-refractivity contribution in [2.75, 3.05) is 5.75 Å². The molecule has 0 fully saturated rings. The normalized spacial score (nSPS) is 9.70. The summed E-state index contributed by atoms with van der Waals surface area (Å²) in [5, 5.41) is 3.63. The van der Waals surface area contributed by atoms with Crippen molar-refractivity contribution in [3.8, 4) is 12.3 Å². The Labute approximate surface area is 82.0 Å². The smallest absolute Gasteiger partial charge is 0.177 e. The van der Waals surface area contributed by atoms with Gasteiger partial charge in [0.2, 0.25) is 0 Å². The second kappa shape index (κ2) is 8.91. The number of halogens is 1. The maximum Gasteiger partial charge on any atom is 0.177 e. The highest BCUT2D eigenvalue weighted by molar-refractivity contribution is 14.0. The minimum atomic E-state index is 0. The quantitative estimate of drug-likeness (QED) is 0.147. The zero-order valence-electron chi connectivity index (χ0n) is 5.41. The predicted molar refractivity (Wildman–Crippen MR) is 57.1 cm³/mol. The van der Waals surface area contributed by atoms with Crippen molar-refractivity contribution in [1.29, 1.82) is 0 Å². The highest BCUT2D eigenvalue weighted by Gasteiger charge is 1.88. The molecule has 0 bridgehead atoms. The van der Waals surface area contributed by atoms with E-state index in [1.807, 2.05) is 0 Å². The zero-order valence-corrected chi connectivity index (χ0v) is 8.56. The van der Waals surface area contributed by atoms with Crippen LogP contribution in [0.4, 0.5) is 0 Å². The van der Waals surface area contributed by atoms with Crippen LogP contribution in [-0.2, 0) is 0 Å². The number of nitrogens with two attached hydrogens (primary N) is 2. The van der Waals surface area contributed by atoms with Gasteiger partial charge < -0.3 is 11.6 Å². The lowest BCUT2D eigenvalue weighted by Gasteiger charge is -1.92. The van der Waals surface area contributed by atoms with E-state index < -0.39 is 0 Å². The standard InChI is InChI=1S/C5H9N3S.HI/c1-2-3-4-9-5(6)8-7;/h1H,3-4,7H2,(H2,6,8);1H. The number of hydrogen-bond acceptors (Lipinski definition) is 3. The lowest BCUT2D eigenvalue weighted by atomic mass is 10.5. The number of hydrogen-bond donors (Lipinski definition) is 2. The van der Waals surface area contributed by atoms with E-state index in [1.54, 1.807) is 0 Å². The molecule has 0 aliphatic carbocycles. The van der Waals surface area contributed by atoms with Gasteiger partial charge in [0.05, 0.1) is 0 Å². The van der Waals surface area contributed by atoms with Crippen LogP contribution < -0.4 is 11.6 Å². The molecule has 10 heavy (non-hydrogen) atoms. The van der Waals surface area contributed by atoms with Gasteiger partial charge in [-0.1, -0.05) is 11.8 Å². The average Bonchev–Trinajstić information content (AvgIpc) is 1.89. The molecule has 0 aromatic carbocycles. The summed E-state index contributed by atoms with van der Waals surface area (Å²) in [5.41, 5.74) is 5.23. The maximum absolute atomic E-state index is 5.23. The van der Waals surface area contributed by atoms with Crippen LogP contribution in [0.2, 0.25) is 0 Å². The monoisotopic (exact) mass is 271 g/mol. The molecule has 0 heterocycles. The van der Waals surface area contributed by atoms with Gasteiger partial charge in [0.25, 0.3) is 0 Å². The van der Waals surface area contributed by atoms with Gasteiger partial charge >= 0.3 is 0 Å². The Balaban J connectivity index is 0. The van der Waals surface area contributed by atoms with E-state index in [9.17, 15) is 0 Å². The molecule has 0 aliphatic rings. The van der Waals surface area contributed by atoms with E-state index in [0.29, 0.717) is 11.6 Å². The Morgan fingerprint density at radius 2 is 2.30 bits per heavy atom. The SMILES string of the molecule is C#CCCS/C(N)=N/N.I. The van der Waals surface area contributed by atoms with E-state index in [4.69, 9.17) is 18.0 Å². The molecule has 0 saturated heterocycles. The Morgan fingerprint density at radius 1 is 1.70 bits per heavy atom. The molecule has 5 heteroatoms. The van der Waals surface area contributed by atoms with Gasteiger partial charge in [-0.2, -0.15) is 5.10 Å². The van der Waals surface area contributed by atoms with Crippen LogP contribution in [-0.4, -0.2) is 10.9 Å². The number of thioether (sulfide) groups is 1. The highest BCUT2D eigenvalue weighted by atomic mass is 127. The van der Waals surface area contributed by atoms with Crippen molar-refractivity contribution in [2.45, 2.75) is 6.42 Å². The topological polar surface area (TPSA) is 64.4 Å². The fraction of sp³-hybridized carbons (Fsp3) is 0.400. The zero-order chi connectivity index (χ0) is 7.11. The van der Waals surface area contributed by atoms with Crippen molar-refractivity contribution in [3.05, 3.63) is 0 Å². The first-order valence-electron chi connectivity index (χ1n) is 2.41. The van der Waals surface area contributed by atoms with Crippen LogP contribution in [0.5, 0.6) is 0 Å². The first-order valence-corrected chi connectivity index (χ1v) is 3.39. The number of hydrazone groups is 1. The van der Waals surface area contributed by atoms with Gasteiger partial charge in [-0.05, 0) is 0 Å². The molecule has 0 amide bonds. The van der Waals surface area contributed by atoms with Crippen molar-refractivity contribution in [3.63, 3.8) is 0 Å². The molecule has 0 aliphatic heterocycles. The fourth-order valence-electron chi connectivity index (χ4n) is 0.252. The van der Waals surface area contributed by atoms with E-state index in [2.05, 4.69) is 11.0 Å². The first-order chi connectivity index (χ1) is 4.31. The van der Waals surface area contributed by atoms with Gasteiger partial charge in [0.1, 0.15) is 0 Å². The molecule has 0 spiro atoms. The van der Waals surface area contributed by atoms with Crippen LogP contribution >= 0.6 is 35.7 Å². The molecule has 0 rings (SSSR count). The Bertz CT molecular complexity index is 140. The summed E-state index contributed by atoms with van der Waals surface area (Å²) >= 11 is 1.36. The summed E-state index contributed by atoms with van der Waals surface area (Å²) in [4.78, 5) is 0. The summed E-state index contributed by atoms with van der Waals surface area (Å²) in [6.45, 7) is 0. The minimum Gasteiger partial charge on any atom is -0.377 e. The molecule has 0 aromatic heterocycles. The van der Waals surface area contributed by atoms with E-state index in [0.717, 1.165) is 5.75 Å². The first kappa shape index (κ1) is 12.6. The Kier molecular flexibility index (Phi) is 11.2. The predicted octanol–water partition coefficient (Wildman–Crippen LogP) is 0.549. The van der Waals surface area contributed by atoms with Gasteiger partial charge in [-0.3, -0.25) is 0 Å². The van der Waals surface area contributed by atoms with Crippen molar-refractivity contribution >= 4 is 40.9 Å². The maximum atomic E-state index is 5.23. The summed E-state index contributed by atoms with van der Waals surface area (Å²) < 4.78 is 0. The molecule has 0 aromatic rings. The third kappa shape index (κ3) is 7.91. The Morgan fingerprint density at radius 3 is 2.70 bits per heavy atom. The molecule has 3 nitrogen and oxygen atoms in total.